The molecular formula is C15H12BrNO2. The Morgan fingerprint density at radius 1 is 1.26 bits per heavy atom. The van der Waals surface area contributed by atoms with E-state index in [1.165, 1.54) is 4.57 Å². The van der Waals surface area contributed by atoms with Crippen LogP contribution in [0.4, 0.5) is 0 Å². The van der Waals surface area contributed by atoms with Gasteiger partial charge in [0.2, 0.25) is 0 Å². The van der Waals surface area contributed by atoms with Gasteiger partial charge in [-0.15, -0.1) is 6.58 Å². The number of pyridine rings is 1. The summed E-state index contributed by atoms with van der Waals surface area (Å²) in [4.78, 5) is 23.5. The number of carbonyl (C=O) groups is 1. The summed E-state index contributed by atoms with van der Waals surface area (Å²) in [5, 5.41) is 0. The third kappa shape index (κ3) is 2.58. The SMILES string of the molecule is C=CCc1c(Br)c(C=O)cn(-c2ccccc2)c1=O. The molecule has 0 saturated carbocycles. The number of aromatic nitrogens is 1. The Morgan fingerprint density at radius 2 is 1.95 bits per heavy atom. The fraction of sp³-hybridized carbons (Fsp3) is 0.0667. The van der Waals surface area contributed by atoms with Gasteiger partial charge in [-0.3, -0.25) is 14.2 Å². The van der Waals surface area contributed by atoms with Crippen LogP contribution < -0.4 is 5.56 Å². The Bertz CT molecular complexity index is 675. The molecule has 0 fully saturated rings. The second kappa shape index (κ2) is 5.80. The lowest BCUT2D eigenvalue weighted by molar-refractivity contribution is 0.112. The van der Waals surface area contributed by atoms with Gasteiger partial charge in [0.15, 0.2) is 6.29 Å². The van der Waals surface area contributed by atoms with E-state index < -0.39 is 0 Å². The number of halogens is 1. The third-order valence-electron chi connectivity index (χ3n) is 2.77. The number of aldehydes is 1. The van der Waals surface area contributed by atoms with E-state index in [0.717, 1.165) is 12.0 Å². The minimum Gasteiger partial charge on any atom is -0.298 e. The number of para-hydroxylation sites is 1. The Labute approximate surface area is 119 Å². The molecule has 19 heavy (non-hydrogen) atoms. The molecule has 1 aromatic carbocycles. The van der Waals surface area contributed by atoms with Gasteiger partial charge in [-0.25, -0.2) is 0 Å². The maximum absolute atomic E-state index is 12.4. The summed E-state index contributed by atoms with van der Waals surface area (Å²) in [5.41, 5.74) is 1.56. The van der Waals surface area contributed by atoms with Crippen LogP contribution in [-0.4, -0.2) is 10.9 Å². The molecule has 0 N–H and O–H groups in total. The molecule has 0 atom stereocenters. The van der Waals surface area contributed by atoms with Crippen LogP contribution in [0.25, 0.3) is 5.69 Å². The van der Waals surface area contributed by atoms with Crippen molar-refractivity contribution in [1.82, 2.24) is 4.57 Å². The van der Waals surface area contributed by atoms with Crippen molar-refractivity contribution in [3.8, 4) is 5.69 Å². The van der Waals surface area contributed by atoms with E-state index in [0.29, 0.717) is 22.0 Å². The van der Waals surface area contributed by atoms with Gasteiger partial charge < -0.3 is 0 Å². The first-order valence-corrected chi connectivity index (χ1v) is 6.54. The highest BCUT2D eigenvalue weighted by atomic mass is 79.9. The standard InChI is InChI=1S/C15H12BrNO2/c1-2-6-13-14(16)11(10-18)9-17(15(13)19)12-7-4-3-5-8-12/h2-5,7-10H,1,6H2. The maximum Gasteiger partial charge on any atom is 0.259 e. The predicted molar refractivity (Wildman–Crippen MR) is 79.0 cm³/mol. The van der Waals surface area contributed by atoms with Gasteiger partial charge in [-0.2, -0.15) is 0 Å². The van der Waals surface area contributed by atoms with Crippen LogP contribution in [0.5, 0.6) is 0 Å². The van der Waals surface area contributed by atoms with Crippen LogP contribution in [-0.2, 0) is 6.42 Å². The second-order valence-electron chi connectivity index (χ2n) is 4.00. The number of benzene rings is 1. The first kappa shape index (κ1) is 13.5. The first-order chi connectivity index (χ1) is 9.19. The van der Waals surface area contributed by atoms with Gasteiger partial charge in [0.25, 0.3) is 5.56 Å². The molecule has 0 unspecified atom stereocenters. The smallest absolute Gasteiger partial charge is 0.259 e. The summed E-state index contributed by atoms with van der Waals surface area (Å²) >= 11 is 3.31. The summed E-state index contributed by atoms with van der Waals surface area (Å²) in [6.07, 6.45) is 4.33. The summed E-state index contributed by atoms with van der Waals surface area (Å²) in [5.74, 6) is 0. The molecule has 4 heteroatoms. The molecule has 2 rings (SSSR count). The monoisotopic (exact) mass is 317 g/mol. The van der Waals surface area contributed by atoms with E-state index in [1.807, 2.05) is 30.3 Å². The van der Waals surface area contributed by atoms with E-state index in [1.54, 1.807) is 12.3 Å². The fourth-order valence-electron chi connectivity index (χ4n) is 1.85. The highest BCUT2D eigenvalue weighted by Crippen LogP contribution is 2.19. The van der Waals surface area contributed by atoms with Crippen LogP contribution in [0.1, 0.15) is 15.9 Å². The third-order valence-corrected chi connectivity index (χ3v) is 3.71. The maximum atomic E-state index is 12.4. The average Bonchev–Trinajstić information content (AvgIpc) is 2.45. The molecule has 1 aromatic heterocycles. The molecule has 2 aromatic rings. The molecule has 3 nitrogen and oxygen atoms in total. The zero-order valence-corrected chi connectivity index (χ0v) is 11.8. The number of hydrogen-bond acceptors (Lipinski definition) is 2. The molecule has 0 amide bonds. The molecule has 0 aliphatic rings. The lowest BCUT2D eigenvalue weighted by atomic mass is 10.1. The second-order valence-corrected chi connectivity index (χ2v) is 4.79. The highest BCUT2D eigenvalue weighted by Gasteiger charge is 2.13. The molecule has 0 bridgehead atoms. The van der Waals surface area contributed by atoms with Crippen LogP contribution in [0.3, 0.4) is 0 Å². The van der Waals surface area contributed by atoms with Crippen molar-refractivity contribution in [2.24, 2.45) is 0 Å². The van der Waals surface area contributed by atoms with Gasteiger partial charge in [0.05, 0.1) is 0 Å². The summed E-state index contributed by atoms with van der Waals surface area (Å²) in [6, 6.07) is 9.21. The van der Waals surface area contributed by atoms with Gasteiger partial charge in [0.1, 0.15) is 0 Å². The van der Waals surface area contributed by atoms with Crippen LogP contribution >= 0.6 is 15.9 Å². The Morgan fingerprint density at radius 3 is 2.53 bits per heavy atom. The largest absolute Gasteiger partial charge is 0.298 e. The van der Waals surface area contributed by atoms with Crippen molar-refractivity contribution >= 4 is 22.2 Å². The van der Waals surface area contributed by atoms with E-state index in [4.69, 9.17) is 0 Å². The van der Waals surface area contributed by atoms with Gasteiger partial charge in [0, 0.05) is 27.5 Å². The summed E-state index contributed by atoms with van der Waals surface area (Å²) in [7, 11) is 0. The Hall–Kier alpha value is -1.94. The quantitative estimate of drug-likeness (QED) is 0.642. The molecule has 96 valence electrons. The molecule has 0 aliphatic carbocycles. The van der Waals surface area contributed by atoms with E-state index in [2.05, 4.69) is 22.5 Å². The van der Waals surface area contributed by atoms with Crippen LogP contribution in [0.2, 0.25) is 0 Å². The van der Waals surface area contributed by atoms with Gasteiger partial charge in [-0.1, -0.05) is 24.3 Å². The lowest BCUT2D eigenvalue weighted by Crippen LogP contribution is -2.23. The van der Waals surface area contributed by atoms with E-state index in [-0.39, 0.29) is 5.56 Å². The topological polar surface area (TPSA) is 39.1 Å². The van der Waals surface area contributed by atoms with E-state index in [9.17, 15) is 9.59 Å². The first-order valence-electron chi connectivity index (χ1n) is 5.74. The van der Waals surface area contributed by atoms with E-state index >= 15 is 0 Å². The minimum absolute atomic E-state index is 0.149. The van der Waals surface area contributed by atoms with Crippen molar-refractivity contribution in [3.63, 3.8) is 0 Å². The molecule has 1 heterocycles. The van der Waals surface area contributed by atoms with Crippen molar-refractivity contribution in [2.75, 3.05) is 0 Å². The molecule has 0 saturated heterocycles. The lowest BCUT2D eigenvalue weighted by Gasteiger charge is -2.11. The van der Waals surface area contributed by atoms with Gasteiger partial charge in [-0.05, 0) is 34.5 Å². The van der Waals surface area contributed by atoms with Crippen LogP contribution in [0, 0.1) is 0 Å². The Balaban J connectivity index is 2.75. The van der Waals surface area contributed by atoms with Crippen molar-refractivity contribution in [2.45, 2.75) is 6.42 Å². The highest BCUT2D eigenvalue weighted by molar-refractivity contribution is 9.10. The number of carbonyl (C=O) groups excluding carboxylic acids is 1. The Kier molecular flexibility index (Phi) is 4.12. The van der Waals surface area contributed by atoms with Crippen molar-refractivity contribution < 1.29 is 4.79 Å². The number of hydrogen-bond donors (Lipinski definition) is 0. The fourth-order valence-corrected chi connectivity index (χ4v) is 2.38. The zero-order valence-electron chi connectivity index (χ0n) is 10.2. The van der Waals surface area contributed by atoms with Gasteiger partial charge >= 0.3 is 0 Å². The number of rotatable bonds is 4. The molecule has 0 spiro atoms. The molecular weight excluding hydrogens is 306 g/mol. The summed E-state index contributed by atoms with van der Waals surface area (Å²) < 4.78 is 2.02. The average molecular weight is 318 g/mol. The normalized spacial score (nSPS) is 10.2. The molecule has 0 radical (unpaired) electrons. The predicted octanol–water partition coefficient (Wildman–Crippen LogP) is 3.14. The number of allylic oxidation sites excluding steroid dienone is 1. The minimum atomic E-state index is -0.149. The summed E-state index contributed by atoms with van der Waals surface area (Å²) in [6.45, 7) is 3.64. The van der Waals surface area contributed by atoms with Crippen molar-refractivity contribution in [3.05, 3.63) is 75.1 Å². The molecule has 0 aliphatic heterocycles. The van der Waals surface area contributed by atoms with Crippen LogP contribution in [0.15, 0.2) is 58.5 Å². The van der Waals surface area contributed by atoms with Crippen molar-refractivity contribution in [1.29, 1.82) is 0 Å². The number of nitrogens with zero attached hydrogens (tertiary/aromatic N) is 1. The zero-order chi connectivity index (χ0) is 13.8.